The number of halogens is 3. The summed E-state index contributed by atoms with van der Waals surface area (Å²) in [7, 11) is 1.55. The molecule has 0 spiro atoms. The van der Waals surface area contributed by atoms with Gasteiger partial charge in [0.25, 0.3) is 0 Å². The molecule has 2 saturated carbocycles. The number of amides is 1. The second-order valence-corrected chi connectivity index (χ2v) is 8.26. The van der Waals surface area contributed by atoms with Crippen LogP contribution in [0, 0.1) is 5.41 Å². The third-order valence-electron chi connectivity index (χ3n) is 5.48. The molecule has 4 rings (SSSR count). The van der Waals surface area contributed by atoms with Gasteiger partial charge in [0.15, 0.2) is 0 Å². The van der Waals surface area contributed by atoms with E-state index in [0.29, 0.717) is 16.1 Å². The zero-order valence-electron chi connectivity index (χ0n) is 14.8. The highest BCUT2D eigenvalue weighted by molar-refractivity contribution is 7.16. The third-order valence-corrected chi connectivity index (χ3v) is 6.47. The van der Waals surface area contributed by atoms with Gasteiger partial charge in [0.1, 0.15) is 16.9 Å². The van der Waals surface area contributed by atoms with Crippen molar-refractivity contribution in [3.05, 3.63) is 16.8 Å². The number of rotatable bonds is 5. The van der Waals surface area contributed by atoms with Crippen LogP contribution in [0.15, 0.2) is 6.20 Å². The van der Waals surface area contributed by atoms with Crippen molar-refractivity contribution in [2.45, 2.75) is 44.2 Å². The zero-order chi connectivity index (χ0) is 20.3. The number of nitrogens with one attached hydrogen (secondary N) is 1. The molecule has 0 radical (unpaired) electrons. The molecule has 0 atom stereocenters. The lowest BCUT2D eigenvalue weighted by atomic mass is 9.79. The predicted molar refractivity (Wildman–Crippen MR) is 94.2 cm³/mol. The first-order valence-electron chi connectivity index (χ1n) is 8.78. The van der Waals surface area contributed by atoms with Crippen LogP contribution < -0.4 is 5.32 Å². The summed E-state index contributed by atoms with van der Waals surface area (Å²) in [5, 5.41) is 15.8. The summed E-state index contributed by atoms with van der Waals surface area (Å²) in [4.78, 5) is 27.9. The molecule has 150 valence electrons. The topological polar surface area (TPSA) is 97.1 Å². The minimum atomic E-state index is -4.59. The summed E-state index contributed by atoms with van der Waals surface area (Å²) in [6.45, 7) is 0. The number of carbonyl (C=O) groups is 2. The number of nitrogens with zero attached hydrogens (tertiary/aromatic N) is 3. The van der Waals surface area contributed by atoms with Crippen LogP contribution >= 0.6 is 11.3 Å². The van der Waals surface area contributed by atoms with Gasteiger partial charge in [-0.25, -0.2) is 9.78 Å². The van der Waals surface area contributed by atoms with E-state index in [0.717, 1.165) is 30.6 Å². The van der Waals surface area contributed by atoms with Gasteiger partial charge in [-0.15, -0.1) is 11.3 Å². The van der Waals surface area contributed by atoms with Crippen LogP contribution in [0.4, 0.5) is 19.0 Å². The lowest BCUT2D eigenvalue weighted by Gasteiger charge is -2.27. The number of aromatic carboxylic acids is 1. The van der Waals surface area contributed by atoms with Gasteiger partial charge < -0.3 is 10.4 Å². The second-order valence-electron chi connectivity index (χ2n) is 7.23. The minimum absolute atomic E-state index is 0.0513. The van der Waals surface area contributed by atoms with Gasteiger partial charge in [0, 0.05) is 18.8 Å². The highest BCUT2D eigenvalue weighted by Gasteiger charge is 2.68. The van der Waals surface area contributed by atoms with Crippen molar-refractivity contribution in [3.8, 4) is 10.6 Å². The molecule has 7 nitrogen and oxygen atoms in total. The first-order valence-corrected chi connectivity index (χ1v) is 9.60. The summed E-state index contributed by atoms with van der Waals surface area (Å²) in [6, 6.07) is 0. The van der Waals surface area contributed by atoms with Crippen molar-refractivity contribution in [3.63, 3.8) is 0 Å². The van der Waals surface area contributed by atoms with E-state index < -0.39 is 23.5 Å². The number of aryl methyl sites for hydroxylation is 1. The van der Waals surface area contributed by atoms with Crippen LogP contribution in [0.5, 0.6) is 0 Å². The molecule has 0 saturated heterocycles. The normalized spacial score (nSPS) is 18.6. The summed E-state index contributed by atoms with van der Waals surface area (Å²) < 4.78 is 41.2. The van der Waals surface area contributed by atoms with Gasteiger partial charge in [0.2, 0.25) is 10.9 Å². The summed E-state index contributed by atoms with van der Waals surface area (Å²) in [5.41, 5.74) is -1.21. The molecule has 2 N–H and O–H groups in total. The summed E-state index contributed by atoms with van der Waals surface area (Å²) in [6.07, 6.45) is -1.01. The molecule has 11 heteroatoms. The van der Waals surface area contributed by atoms with Gasteiger partial charge in [-0.1, -0.05) is 6.42 Å². The average Bonchev–Trinajstić information content (AvgIpc) is 3.16. The molecular formula is C17H17F3N4O3S. The molecule has 28 heavy (non-hydrogen) atoms. The first kappa shape index (κ1) is 18.9. The molecule has 2 aliphatic carbocycles. The Labute approximate surface area is 161 Å². The van der Waals surface area contributed by atoms with Crippen molar-refractivity contribution in [2.75, 3.05) is 5.32 Å². The van der Waals surface area contributed by atoms with E-state index in [-0.39, 0.29) is 29.6 Å². The maximum Gasteiger partial charge on any atom is 0.403 e. The van der Waals surface area contributed by atoms with Crippen LogP contribution in [-0.2, 0) is 11.8 Å². The molecule has 2 aromatic heterocycles. The lowest BCUT2D eigenvalue weighted by molar-refractivity contribution is -0.189. The van der Waals surface area contributed by atoms with E-state index in [2.05, 4.69) is 15.4 Å². The Morgan fingerprint density at radius 2 is 2.04 bits per heavy atom. The first-order chi connectivity index (χ1) is 13.1. The van der Waals surface area contributed by atoms with Crippen molar-refractivity contribution >= 4 is 29.0 Å². The van der Waals surface area contributed by atoms with Gasteiger partial charge in [-0.05, 0) is 31.6 Å². The van der Waals surface area contributed by atoms with Gasteiger partial charge in [0.05, 0.1) is 4.88 Å². The number of aromatic nitrogens is 3. The van der Waals surface area contributed by atoms with Gasteiger partial charge in [-0.3, -0.25) is 9.48 Å². The number of carboxylic acids is 1. The third kappa shape index (κ3) is 2.88. The number of hydrogen-bond acceptors (Lipinski definition) is 5. The van der Waals surface area contributed by atoms with E-state index in [4.69, 9.17) is 5.11 Å². The Morgan fingerprint density at radius 3 is 2.50 bits per heavy atom. The van der Waals surface area contributed by atoms with Crippen LogP contribution in [0.3, 0.4) is 0 Å². The van der Waals surface area contributed by atoms with Crippen LogP contribution in [0.2, 0.25) is 0 Å². The molecule has 1 amide bonds. The second kappa shape index (κ2) is 6.29. The Hall–Kier alpha value is -2.43. The van der Waals surface area contributed by atoms with Gasteiger partial charge >= 0.3 is 12.1 Å². The molecule has 2 aliphatic rings. The van der Waals surface area contributed by atoms with E-state index in [9.17, 15) is 22.8 Å². The molecule has 0 bridgehead atoms. The maximum absolute atomic E-state index is 13.3. The van der Waals surface area contributed by atoms with E-state index in [1.54, 1.807) is 7.05 Å². The van der Waals surface area contributed by atoms with Crippen molar-refractivity contribution in [2.24, 2.45) is 12.5 Å². The fourth-order valence-electron chi connectivity index (χ4n) is 3.43. The van der Waals surface area contributed by atoms with Crippen LogP contribution in [0.25, 0.3) is 10.6 Å². The molecule has 0 unspecified atom stereocenters. The molecule has 0 aromatic carbocycles. The number of thiazole rings is 1. The molecule has 2 aromatic rings. The zero-order valence-corrected chi connectivity index (χ0v) is 15.7. The molecule has 2 fully saturated rings. The number of carbonyl (C=O) groups excluding carboxylic acids is 1. The van der Waals surface area contributed by atoms with Crippen molar-refractivity contribution < 1.29 is 27.9 Å². The number of alkyl halides is 3. The highest BCUT2D eigenvalue weighted by atomic mass is 32.1. The van der Waals surface area contributed by atoms with Gasteiger partial charge in [-0.2, -0.15) is 18.3 Å². The van der Waals surface area contributed by atoms with Crippen molar-refractivity contribution in [1.29, 1.82) is 0 Å². The fraction of sp³-hybridized carbons (Fsp3) is 0.529. The number of anilines is 1. The van der Waals surface area contributed by atoms with Crippen LogP contribution in [-0.4, -0.2) is 37.9 Å². The number of hydrogen-bond donors (Lipinski definition) is 2. The Bertz CT molecular complexity index is 957. The van der Waals surface area contributed by atoms with E-state index in [1.165, 1.54) is 10.9 Å². The monoisotopic (exact) mass is 414 g/mol. The van der Waals surface area contributed by atoms with Crippen LogP contribution in [0.1, 0.15) is 53.4 Å². The maximum atomic E-state index is 13.3. The molecular weight excluding hydrogens is 397 g/mol. The standard InChI is InChI=1S/C17H17F3N4O3S/c1-24-12(22-15(27)16(5-6-16)17(18,19)20)10(8-3-2-4-8)11(23-24)9-7-21-13(28-9)14(25)26/h7-8H,2-6H2,1H3,(H,22,27)(H,25,26). The fourth-order valence-corrected chi connectivity index (χ4v) is 4.18. The molecule has 2 heterocycles. The largest absolute Gasteiger partial charge is 0.476 e. The lowest BCUT2D eigenvalue weighted by Crippen LogP contribution is -2.37. The number of carboxylic acid groups (broad SMARTS) is 1. The highest BCUT2D eigenvalue weighted by Crippen LogP contribution is 2.58. The average molecular weight is 414 g/mol. The summed E-state index contributed by atoms with van der Waals surface area (Å²) in [5.74, 6) is -1.93. The Kier molecular flexibility index (Phi) is 4.25. The minimum Gasteiger partial charge on any atom is -0.476 e. The van der Waals surface area contributed by atoms with E-state index in [1.807, 2.05) is 0 Å². The Morgan fingerprint density at radius 1 is 1.36 bits per heavy atom. The quantitative estimate of drug-likeness (QED) is 0.776. The van der Waals surface area contributed by atoms with Crippen molar-refractivity contribution in [1.82, 2.24) is 14.8 Å². The Balaban J connectivity index is 1.72. The smallest absolute Gasteiger partial charge is 0.403 e. The summed E-state index contributed by atoms with van der Waals surface area (Å²) >= 11 is 0.944. The SMILES string of the molecule is Cn1nc(-c2cnc(C(=O)O)s2)c(C2CCC2)c1NC(=O)C1(C(F)(F)F)CC1. The van der Waals surface area contributed by atoms with E-state index >= 15 is 0 Å². The molecule has 0 aliphatic heterocycles. The predicted octanol–water partition coefficient (Wildman–Crippen LogP) is 3.79.